The molecule has 0 spiro atoms. The van der Waals surface area contributed by atoms with E-state index in [0.29, 0.717) is 69.5 Å². The van der Waals surface area contributed by atoms with E-state index in [-0.39, 0.29) is 17.5 Å². The van der Waals surface area contributed by atoms with Gasteiger partial charge in [-0.15, -0.1) is 4.33 Å². The Morgan fingerprint density at radius 3 is 1.86 bits per heavy atom. The van der Waals surface area contributed by atoms with Gasteiger partial charge in [0.25, 0.3) is 11.8 Å². The van der Waals surface area contributed by atoms with Gasteiger partial charge in [0.1, 0.15) is 43.2 Å². The van der Waals surface area contributed by atoms with Crippen molar-refractivity contribution in [2.45, 2.75) is 145 Å². The fourth-order valence-corrected chi connectivity index (χ4v) is 12.0. The molecule has 24 nitrogen and oxygen atoms in total. The molecule has 2 amide bonds. The molecule has 14 N–H and O–H groups in total. The van der Waals surface area contributed by atoms with Crippen molar-refractivity contribution < 1.29 is 104 Å². The van der Waals surface area contributed by atoms with Crippen LogP contribution >= 0.6 is 24.1 Å². The number of anilines is 1. The third-order valence-electron chi connectivity index (χ3n) is 16.1. The summed E-state index contributed by atoms with van der Waals surface area (Å²) in [4.78, 5) is 41.1. The van der Waals surface area contributed by atoms with E-state index in [2.05, 4.69) is 90.9 Å². The summed E-state index contributed by atoms with van der Waals surface area (Å²) in [5, 5.41) is 141. The number of benzene rings is 3. The lowest BCUT2D eigenvalue weighted by molar-refractivity contribution is -0.777. The number of aryl methyl sites for hydroxylation is 1. The second kappa shape index (κ2) is 33.4. The third-order valence-corrected chi connectivity index (χ3v) is 17.3. The van der Waals surface area contributed by atoms with Gasteiger partial charge in [0.2, 0.25) is 5.69 Å². The van der Waals surface area contributed by atoms with Crippen LogP contribution in [0, 0.1) is 0 Å². The van der Waals surface area contributed by atoms with E-state index in [4.69, 9.17) is 5.26 Å². The molecule has 8 atom stereocenters. The van der Waals surface area contributed by atoms with E-state index < -0.39 is 104 Å². The van der Waals surface area contributed by atoms with Gasteiger partial charge in [-0.25, -0.2) is 5.26 Å². The minimum absolute atomic E-state index is 0.0355. The first-order chi connectivity index (χ1) is 41.5. The zero-order valence-electron chi connectivity index (χ0n) is 49.1. The Labute approximate surface area is 513 Å². The number of rotatable bonds is 35. The van der Waals surface area contributed by atoms with E-state index in [1.807, 2.05) is 36.4 Å². The molecule has 8 unspecified atom stereocenters. The minimum Gasteiger partial charge on any atom is -0.691 e. The van der Waals surface area contributed by atoms with Crippen LogP contribution in [-0.4, -0.2) is 189 Å². The number of carbonyl (C=O) groups is 3. The number of aliphatic hydroxyl groups excluding tert-OH is 10. The van der Waals surface area contributed by atoms with Gasteiger partial charge in [0, 0.05) is 114 Å². The molecule has 0 bridgehead atoms. The number of amides is 2. The van der Waals surface area contributed by atoms with Crippen molar-refractivity contribution >= 4 is 64.5 Å². The average Bonchev–Trinajstić information content (AvgIpc) is 1.67. The fraction of sp³-hybridized carbons (Fsp3) is 0.508. The molecule has 0 fully saturated rings. The number of carbonyl (C=O) groups excluding carboxylic acids is 2. The van der Waals surface area contributed by atoms with Gasteiger partial charge in [0.05, 0.1) is 30.8 Å². The van der Waals surface area contributed by atoms with Crippen LogP contribution in [0.25, 0.3) is 5.57 Å². The second-order valence-corrected chi connectivity index (χ2v) is 24.2. The zero-order chi connectivity index (χ0) is 63.6. The molecule has 0 saturated heterocycles. The van der Waals surface area contributed by atoms with Gasteiger partial charge in [0.15, 0.2) is 5.71 Å². The fourth-order valence-electron chi connectivity index (χ4n) is 11.1. The maximum absolute atomic E-state index is 13.7. The predicted octanol–water partition coefficient (Wildman–Crippen LogP) is 2.71. The topological polar surface area (TPSA) is 384 Å². The number of carboxylic acid groups (broad SMARTS) is 1. The van der Waals surface area contributed by atoms with Crippen molar-refractivity contribution in [1.29, 1.82) is 0 Å². The largest absolute Gasteiger partial charge is 0.691 e. The van der Waals surface area contributed by atoms with Crippen LogP contribution in [0.2, 0.25) is 0 Å². The second-order valence-electron chi connectivity index (χ2n) is 22.7. The summed E-state index contributed by atoms with van der Waals surface area (Å²) in [6.07, 6.45) is -0.604. The van der Waals surface area contributed by atoms with Crippen LogP contribution < -0.4 is 20.8 Å². The number of aliphatic carboxylic acids is 1. The van der Waals surface area contributed by atoms with Gasteiger partial charge < -0.3 is 77.0 Å². The van der Waals surface area contributed by atoms with E-state index >= 15 is 0 Å². The van der Waals surface area contributed by atoms with Gasteiger partial charge in [-0.3, -0.25) is 19.4 Å². The summed E-state index contributed by atoms with van der Waals surface area (Å²) in [6, 6.07) is 18.4. The standard InChI is InChI=1S/C61H82N4O20S2/c1-60(2)42-30-40(58(78)62-32-46(68)54(74)56(76)48(70)34-66)17-21-44(42)64(26-5-7-28-86-84-82-80)50(60)23-19-37-10-9-11-38(53(37)39-15-12-36(13-16-39)14-25-52(72)73)20-24-51-61(3,4)43-31-41(18-22-45(43)65(51)27-6-8-29-87-85-83-81)59(79)63-33-47(69)55(75)57(77)49(71)35-67/h12-13,15-24,30-31,46-49,54-57,66-71,74-77H,5-11,14,25-29,32-35H2,1-4H3,(H4-,62,63,72,73,78,79,80,81). The van der Waals surface area contributed by atoms with Crippen LogP contribution in [-0.2, 0) is 40.8 Å². The van der Waals surface area contributed by atoms with E-state index in [1.165, 1.54) is 0 Å². The number of nitrogens with zero attached hydrogens (tertiary/aromatic N) is 2. The summed E-state index contributed by atoms with van der Waals surface area (Å²) >= 11 is 1.86. The quantitative estimate of drug-likeness (QED) is 0.0132. The molecule has 2 heterocycles. The number of carboxylic acids is 1. The predicted molar refractivity (Wildman–Crippen MR) is 322 cm³/mol. The molecule has 26 heteroatoms. The highest BCUT2D eigenvalue weighted by molar-refractivity contribution is 7.94. The highest BCUT2D eigenvalue weighted by Gasteiger charge is 2.45. The smallest absolute Gasteiger partial charge is 0.303 e. The monoisotopic (exact) mass is 1250 g/mol. The third kappa shape index (κ3) is 18.1. The van der Waals surface area contributed by atoms with Crippen LogP contribution in [0.4, 0.5) is 11.4 Å². The number of unbranched alkanes of at least 4 members (excludes halogenated alkanes) is 2. The van der Waals surface area contributed by atoms with Gasteiger partial charge in [-0.1, -0.05) is 55.3 Å². The molecule has 3 aromatic carbocycles. The van der Waals surface area contributed by atoms with Gasteiger partial charge in [-0.2, -0.15) is 8.91 Å². The summed E-state index contributed by atoms with van der Waals surface area (Å²) in [7, 11) is 0. The van der Waals surface area contributed by atoms with Crippen molar-refractivity contribution in [3.63, 3.8) is 0 Å². The highest BCUT2D eigenvalue weighted by Crippen LogP contribution is 2.49. The van der Waals surface area contributed by atoms with Crippen molar-refractivity contribution in [2.24, 2.45) is 0 Å². The first-order valence-electron chi connectivity index (χ1n) is 28.8. The molecule has 6 rings (SSSR count). The van der Waals surface area contributed by atoms with E-state index in [9.17, 15) is 75.8 Å². The molecule has 87 heavy (non-hydrogen) atoms. The molecule has 1 aliphatic carbocycles. The number of allylic oxidation sites excluding steroid dienone is 8. The van der Waals surface area contributed by atoms with Crippen molar-refractivity contribution in [2.75, 3.05) is 55.8 Å². The van der Waals surface area contributed by atoms with Crippen LogP contribution in [0.15, 0.2) is 102 Å². The molecule has 0 saturated carbocycles. The summed E-state index contributed by atoms with van der Waals surface area (Å²) in [6.45, 7) is 6.65. The Bertz CT molecular complexity index is 2970. The Hall–Kier alpha value is -5.44. The minimum atomic E-state index is -1.87. The first kappa shape index (κ1) is 70.6. The molecule has 2 aliphatic heterocycles. The number of aliphatic hydroxyl groups is 10. The normalized spacial score (nSPS) is 19.2. The number of hydrogen-bond acceptors (Lipinski definition) is 22. The van der Waals surface area contributed by atoms with Crippen LogP contribution in [0.3, 0.4) is 0 Å². The van der Waals surface area contributed by atoms with Crippen molar-refractivity contribution in [3.05, 3.63) is 135 Å². The average molecular weight is 1260 g/mol. The Morgan fingerprint density at radius 2 is 1.28 bits per heavy atom. The lowest BCUT2D eigenvalue weighted by Crippen LogP contribution is -2.49. The number of nitrogens with one attached hydrogen (secondary N) is 2. The highest BCUT2D eigenvalue weighted by atomic mass is 32.2. The maximum Gasteiger partial charge on any atom is 0.303 e. The van der Waals surface area contributed by atoms with Gasteiger partial charge >= 0.3 is 5.97 Å². The number of fused-ring (bicyclic) bond motifs is 2. The van der Waals surface area contributed by atoms with Gasteiger partial charge in [-0.05, 0) is 129 Å². The van der Waals surface area contributed by atoms with Crippen molar-refractivity contribution in [1.82, 2.24) is 10.6 Å². The molecule has 0 radical (unpaired) electrons. The Morgan fingerprint density at radius 1 is 0.701 bits per heavy atom. The summed E-state index contributed by atoms with van der Waals surface area (Å²) < 4.78 is 11.3. The molecular weight excluding hydrogens is 1170 g/mol. The van der Waals surface area contributed by atoms with Crippen LogP contribution in [0.1, 0.15) is 122 Å². The van der Waals surface area contributed by atoms with E-state index in [1.54, 1.807) is 24.3 Å². The molecule has 3 aliphatic rings. The summed E-state index contributed by atoms with van der Waals surface area (Å²) in [5.41, 5.74) is 9.11. The Balaban J connectivity index is 1.40. The summed E-state index contributed by atoms with van der Waals surface area (Å²) in [5.74, 6) is -1.05. The molecular formula is C61H82N4O20S2. The lowest BCUT2D eigenvalue weighted by Gasteiger charge is -2.28. The molecule has 3 aromatic rings. The SMILES string of the molecule is CC1(C)C(/C=C/C2=C(c3ccc(CCC(=O)O)cc3)C(=C/C=C3/N(CCCCSOOO)c4ccc(C(=O)NCC(O)C(O)C(O)C(O)CO)cc4C3(C)C)/CCC2)=[N+](CCCCSOO[O-])c2ccc(C(=O)NCC(O)C(O)C(O)C(O)CO)cc21. The Kier molecular flexibility index (Phi) is 27.1. The van der Waals surface area contributed by atoms with Crippen molar-refractivity contribution in [3.8, 4) is 0 Å². The zero-order valence-corrected chi connectivity index (χ0v) is 50.7. The maximum atomic E-state index is 13.7. The van der Waals surface area contributed by atoms with Crippen LogP contribution in [0.5, 0.6) is 0 Å². The molecule has 0 aromatic heterocycles. The first-order valence-corrected chi connectivity index (χ1v) is 30.6. The number of hydrogen-bond donors (Lipinski definition) is 14. The van der Waals surface area contributed by atoms with E-state index in [0.717, 1.165) is 92.3 Å². The lowest BCUT2D eigenvalue weighted by atomic mass is 9.79. The molecule has 478 valence electrons.